The SMILES string of the molecule is O=[N+]([O-])c1cnc2n1CCOC(c1ccccc1)=C2. The lowest BCUT2D eigenvalue weighted by atomic mass is 10.2. The highest BCUT2D eigenvalue weighted by Gasteiger charge is 2.22. The quantitative estimate of drug-likeness (QED) is 0.611. The molecule has 1 aromatic heterocycles. The molecule has 96 valence electrons. The summed E-state index contributed by atoms with van der Waals surface area (Å²) in [6.45, 7) is 0.795. The molecule has 6 heteroatoms. The number of rotatable bonds is 2. The second-order valence-corrected chi connectivity index (χ2v) is 4.11. The van der Waals surface area contributed by atoms with Gasteiger partial charge in [-0.15, -0.1) is 0 Å². The van der Waals surface area contributed by atoms with Crippen LogP contribution in [0.4, 0.5) is 5.82 Å². The van der Waals surface area contributed by atoms with Gasteiger partial charge >= 0.3 is 5.82 Å². The van der Waals surface area contributed by atoms with Crippen LogP contribution in [-0.2, 0) is 11.3 Å². The number of hydrogen-bond donors (Lipinski definition) is 0. The van der Waals surface area contributed by atoms with Crippen molar-refractivity contribution in [1.29, 1.82) is 0 Å². The Labute approximate surface area is 109 Å². The lowest BCUT2D eigenvalue weighted by molar-refractivity contribution is -0.392. The molecule has 0 amide bonds. The fourth-order valence-corrected chi connectivity index (χ4v) is 2.05. The van der Waals surface area contributed by atoms with Crippen molar-refractivity contribution in [3.8, 4) is 0 Å². The predicted molar refractivity (Wildman–Crippen MR) is 69.1 cm³/mol. The van der Waals surface area contributed by atoms with Crippen molar-refractivity contribution < 1.29 is 9.66 Å². The molecule has 0 fully saturated rings. The third-order valence-corrected chi connectivity index (χ3v) is 2.94. The Morgan fingerprint density at radius 3 is 2.84 bits per heavy atom. The Morgan fingerprint density at radius 1 is 1.32 bits per heavy atom. The number of nitrogens with zero attached hydrogens (tertiary/aromatic N) is 3. The molecule has 0 atom stereocenters. The molecule has 0 unspecified atom stereocenters. The Morgan fingerprint density at radius 2 is 2.11 bits per heavy atom. The second-order valence-electron chi connectivity index (χ2n) is 4.11. The van der Waals surface area contributed by atoms with Gasteiger partial charge in [0, 0.05) is 11.6 Å². The number of ether oxygens (including phenoxy) is 1. The summed E-state index contributed by atoms with van der Waals surface area (Å²) in [5, 5.41) is 10.9. The molecular formula is C13H11N3O3. The van der Waals surface area contributed by atoms with E-state index in [1.54, 1.807) is 10.6 Å². The summed E-state index contributed by atoms with van der Waals surface area (Å²) in [5.74, 6) is 1.21. The topological polar surface area (TPSA) is 70.2 Å². The van der Waals surface area contributed by atoms with E-state index in [0.29, 0.717) is 24.7 Å². The van der Waals surface area contributed by atoms with Crippen LogP contribution in [0.5, 0.6) is 0 Å². The molecule has 0 saturated carbocycles. The van der Waals surface area contributed by atoms with E-state index in [2.05, 4.69) is 4.98 Å². The van der Waals surface area contributed by atoms with E-state index in [1.807, 2.05) is 30.3 Å². The largest absolute Gasteiger partial charge is 0.489 e. The molecule has 1 aromatic carbocycles. The lowest BCUT2D eigenvalue weighted by Gasteiger charge is -2.06. The van der Waals surface area contributed by atoms with Gasteiger partial charge in [0.25, 0.3) is 0 Å². The van der Waals surface area contributed by atoms with Gasteiger partial charge in [-0.3, -0.25) is 0 Å². The van der Waals surface area contributed by atoms with Gasteiger partial charge in [-0.05, 0) is 4.92 Å². The van der Waals surface area contributed by atoms with Gasteiger partial charge < -0.3 is 14.9 Å². The first-order valence-corrected chi connectivity index (χ1v) is 5.85. The molecule has 1 aliphatic rings. The highest BCUT2D eigenvalue weighted by molar-refractivity contribution is 5.76. The minimum atomic E-state index is -0.433. The number of nitro groups is 1. The zero-order valence-electron chi connectivity index (χ0n) is 10.0. The standard InChI is InChI=1S/C13H11N3O3/c17-16(18)13-9-14-12-8-11(19-7-6-15(12)13)10-4-2-1-3-5-10/h1-5,8-9H,6-7H2. The van der Waals surface area contributed by atoms with Crippen molar-refractivity contribution >= 4 is 17.7 Å². The van der Waals surface area contributed by atoms with Gasteiger partial charge in [0.05, 0.1) is 0 Å². The maximum absolute atomic E-state index is 10.9. The van der Waals surface area contributed by atoms with Crippen molar-refractivity contribution in [2.75, 3.05) is 6.61 Å². The molecule has 19 heavy (non-hydrogen) atoms. The van der Waals surface area contributed by atoms with Crippen molar-refractivity contribution in [1.82, 2.24) is 9.55 Å². The summed E-state index contributed by atoms with van der Waals surface area (Å²) in [6.07, 6.45) is 3.01. The maximum Gasteiger partial charge on any atom is 0.343 e. The van der Waals surface area contributed by atoms with Gasteiger partial charge in [0.15, 0.2) is 0 Å². The molecule has 0 aliphatic carbocycles. The van der Waals surface area contributed by atoms with E-state index in [9.17, 15) is 10.1 Å². The zero-order valence-corrected chi connectivity index (χ0v) is 10.0. The molecule has 6 nitrogen and oxygen atoms in total. The van der Waals surface area contributed by atoms with Crippen LogP contribution in [0.15, 0.2) is 36.5 Å². The number of aromatic nitrogens is 2. The molecule has 0 spiro atoms. The molecule has 3 rings (SSSR count). The molecular weight excluding hydrogens is 246 g/mol. The van der Waals surface area contributed by atoms with Crippen molar-refractivity contribution in [2.24, 2.45) is 0 Å². The molecule has 2 heterocycles. The highest BCUT2D eigenvalue weighted by atomic mass is 16.6. The first kappa shape index (κ1) is 11.5. The first-order valence-electron chi connectivity index (χ1n) is 5.85. The molecule has 0 radical (unpaired) electrons. The third kappa shape index (κ3) is 2.08. The lowest BCUT2D eigenvalue weighted by Crippen LogP contribution is -2.07. The highest BCUT2D eigenvalue weighted by Crippen LogP contribution is 2.24. The predicted octanol–water partition coefficient (Wildman–Crippen LogP) is 2.32. The smallest absolute Gasteiger partial charge is 0.343 e. The van der Waals surface area contributed by atoms with E-state index in [0.717, 1.165) is 5.56 Å². The molecule has 0 bridgehead atoms. The van der Waals surface area contributed by atoms with Crippen LogP contribution in [0.2, 0.25) is 0 Å². The summed E-state index contributed by atoms with van der Waals surface area (Å²) >= 11 is 0. The van der Waals surface area contributed by atoms with E-state index in [4.69, 9.17) is 4.74 Å². The van der Waals surface area contributed by atoms with E-state index >= 15 is 0 Å². The van der Waals surface area contributed by atoms with Crippen LogP contribution in [0.25, 0.3) is 11.8 Å². The van der Waals surface area contributed by atoms with Crippen LogP contribution in [0, 0.1) is 10.1 Å². The van der Waals surface area contributed by atoms with Gasteiger partial charge in [-0.1, -0.05) is 30.3 Å². The first-order chi connectivity index (χ1) is 9.25. The Hall–Kier alpha value is -2.63. The molecule has 0 saturated heterocycles. The zero-order chi connectivity index (χ0) is 13.2. The van der Waals surface area contributed by atoms with E-state index < -0.39 is 4.92 Å². The summed E-state index contributed by atoms with van der Waals surface area (Å²) in [5.41, 5.74) is 0.932. The average Bonchev–Trinajstić information content (AvgIpc) is 2.71. The van der Waals surface area contributed by atoms with Crippen LogP contribution in [0.1, 0.15) is 11.4 Å². The van der Waals surface area contributed by atoms with Crippen LogP contribution < -0.4 is 0 Å². The Kier molecular flexibility index (Phi) is 2.75. The van der Waals surface area contributed by atoms with Gasteiger partial charge in [-0.25, -0.2) is 9.55 Å². The number of hydrogen-bond acceptors (Lipinski definition) is 4. The monoisotopic (exact) mass is 257 g/mol. The fourth-order valence-electron chi connectivity index (χ4n) is 2.05. The summed E-state index contributed by atoms with van der Waals surface area (Å²) < 4.78 is 7.19. The Balaban J connectivity index is 2.05. The maximum atomic E-state index is 10.9. The second kappa shape index (κ2) is 4.56. The fraction of sp³-hybridized carbons (Fsp3) is 0.154. The van der Waals surface area contributed by atoms with Crippen molar-refractivity contribution in [3.63, 3.8) is 0 Å². The Bertz CT molecular complexity index is 646. The van der Waals surface area contributed by atoms with Gasteiger partial charge in [0.1, 0.15) is 25.1 Å². The third-order valence-electron chi connectivity index (χ3n) is 2.94. The molecule has 2 aromatic rings. The van der Waals surface area contributed by atoms with Crippen LogP contribution >= 0.6 is 0 Å². The minimum absolute atomic E-state index is 0.0100. The summed E-state index contributed by atoms with van der Waals surface area (Å²) in [6, 6.07) is 9.61. The molecule has 1 aliphatic heterocycles. The van der Waals surface area contributed by atoms with Crippen LogP contribution in [0.3, 0.4) is 0 Å². The van der Waals surface area contributed by atoms with E-state index in [-0.39, 0.29) is 5.82 Å². The van der Waals surface area contributed by atoms with Crippen molar-refractivity contribution in [2.45, 2.75) is 6.54 Å². The number of fused-ring (bicyclic) bond motifs is 1. The van der Waals surface area contributed by atoms with Crippen molar-refractivity contribution in [3.05, 3.63) is 58.0 Å². The minimum Gasteiger partial charge on any atom is -0.489 e. The van der Waals surface area contributed by atoms with Crippen LogP contribution in [-0.4, -0.2) is 21.1 Å². The summed E-state index contributed by atoms with van der Waals surface area (Å²) in [7, 11) is 0. The average molecular weight is 257 g/mol. The summed E-state index contributed by atoms with van der Waals surface area (Å²) in [4.78, 5) is 14.5. The number of benzene rings is 1. The number of imidazole rings is 1. The molecule has 0 N–H and O–H groups in total. The van der Waals surface area contributed by atoms with E-state index in [1.165, 1.54) is 6.20 Å². The van der Waals surface area contributed by atoms with Gasteiger partial charge in [-0.2, -0.15) is 0 Å². The normalized spacial score (nSPS) is 14.0. The van der Waals surface area contributed by atoms with Gasteiger partial charge in [0.2, 0.25) is 5.82 Å².